The van der Waals surface area contributed by atoms with Gasteiger partial charge in [-0.3, -0.25) is 0 Å². The van der Waals surface area contributed by atoms with Crippen molar-refractivity contribution in [2.75, 3.05) is 13.2 Å². The van der Waals surface area contributed by atoms with Crippen LogP contribution in [0.4, 0.5) is 0 Å². The van der Waals surface area contributed by atoms with Gasteiger partial charge in [-0.25, -0.2) is 0 Å². The Morgan fingerprint density at radius 1 is 0.338 bits per heavy atom. The maximum absolute atomic E-state index is 12.5. The second-order valence-corrected chi connectivity index (χ2v) is 16.2. The summed E-state index contributed by atoms with van der Waals surface area (Å²) in [6, 6.07) is 58.7. The predicted molar refractivity (Wildman–Crippen MR) is 243 cm³/mol. The molecule has 0 radical (unpaired) electrons. The first kappa shape index (κ1) is 46.4. The second-order valence-electron chi connectivity index (χ2n) is 16.2. The Labute approximate surface area is 381 Å². The van der Waals surface area contributed by atoms with Gasteiger partial charge in [-0.15, -0.1) is 0 Å². The van der Waals surface area contributed by atoms with Crippen molar-refractivity contribution >= 4 is 0 Å². The first-order valence-corrected chi connectivity index (χ1v) is 22.3. The average Bonchev–Trinajstić information content (AvgIpc) is 3.35. The zero-order chi connectivity index (χ0) is 44.5. The van der Waals surface area contributed by atoms with Crippen LogP contribution in [-0.4, -0.2) is 84.8 Å². The molecule has 0 amide bonds. The van der Waals surface area contributed by atoms with Crippen molar-refractivity contribution in [3.63, 3.8) is 0 Å². The number of ether oxygens (including phenoxy) is 9. The van der Waals surface area contributed by atoms with Gasteiger partial charge in [0, 0.05) is 0 Å². The zero-order valence-corrected chi connectivity index (χ0v) is 36.3. The molecule has 0 aliphatic carbocycles. The van der Waals surface area contributed by atoms with Gasteiger partial charge in [0.15, 0.2) is 12.6 Å². The Balaban J connectivity index is 1.11. The smallest absolute Gasteiger partial charge is 0.187 e. The molecule has 10 atom stereocenters. The normalized spacial score (nSPS) is 25.6. The molecule has 2 N–H and O–H groups in total. The molecule has 0 aromatic heterocycles. The highest BCUT2D eigenvalue weighted by Gasteiger charge is 2.53. The number of hydrogen-bond acceptors (Lipinski definition) is 11. The Morgan fingerprint density at radius 2 is 0.646 bits per heavy atom. The van der Waals surface area contributed by atoms with Crippen LogP contribution in [0, 0.1) is 0 Å². The number of aliphatic hydroxyl groups is 2. The summed E-state index contributed by atoms with van der Waals surface area (Å²) in [5.41, 5.74) is 5.62. The summed E-state index contributed by atoms with van der Waals surface area (Å²) in [4.78, 5) is 0. The largest absolute Gasteiger partial charge is 0.385 e. The first-order valence-electron chi connectivity index (χ1n) is 22.3. The summed E-state index contributed by atoms with van der Waals surface area (Å²) >= 11 is 0. The van der Waals surface area contributed by atoms with Crippen molar-refractivity contribution < 1.29 is 52.8 Å². The summed E-state index contributed by atoms with van der Waals surface area (Å²) in [5.74, 6) is 0. The maximum Gasteiger partial charge on any atom is 0.187 e. The minimum atomic E-state index is -1.47. The fourth-order valence-corrected chi connectivity index (χ4v) is 8.05. The third-order valence-electron chi connectivity index (χ3n) is 11.4. The summed E-state index contributed by atoms with van der Waals surface area (Å²) in [6.45, 7) is 1.50. The molecule has 340 valence electrons. The summed E-state index contributed by atoms with van der Waals surface area (Å²) in [7, 11) is 0. The van der Waals surface area contributed by atoms with E-state index in [1.807, 2.05) is 182 Å². The van der Waals surface area contributed by atoms with Crippen molar-refractivity contribution in [3.8, 4) is 0 Å². The van der Waals surface area contributed by atoms with Crippen LogP contribution < -0.4 is 0 Å². The molecule has 2 aliphatic rings. The zero-order valence-electron chi connectivity index (χ0n) is 36.3. The molecule has 0 bridgehead atoms. The van der Waals surface area contributed by atoms with Gasteiger partial charge in [-0.1, -0.05) is 182 Å². The van der Waals surface area contributed by atoms with Crippen molar-refractivity contribution in [1.82, 2.24) is 0 Å². The molecule has 2 heterocycles. The van der Waals surface area contributed by atoms with Crippen LogP contribution in [-0.2, 0) is 82.3 Å². The van der Waals surface area contributed by atoms with E-state index in [-0.39, 0.29) is 39.6 Å². The number of aliphatic hydroxyl groups excluding tert-OH is 2. The maximum atomic E-state index is 12.5. The Kier molecular flexibility index (Phi) is 17.4. The highest BCUT2D eigenvalue weighted by molar-refractivity contribution is 5.18. The minimum absolute atomic E-state index is 0.0545. The topological polar surface area (TPSA) is 124 Å². The molecular formula is C54H58O11. The molecule has 0 saturated carbocycles. The molecule has 6 aromatic carbocycles. The lowest BCUT2D eigenvalue weighted by Gasteiger charge is -2.49. The highest BCUT2D eigenvalue weighted by Crippen LogP contribution is 2.35. The van der Waals surface area contributed by atoms with Crippen LogP contribution in [0.3, 0.4) is 0 Å². The molecule has 0 unspecified atom stereocenters. The van der Waals surface area contributed by atoms with Gasteiger partial charge < -0.3 is 52.8 Å². The Hall–Kier alpha value is -5.12. The van der Waals surface area contributed by atoms with Crippen LogP contribution in [0.25, 0.3) is 0 Å². The fraction of sp³-hybridized carbons (Fsp3) is 0.333. The summed E-state index contributed by atoms with van der Waals surface area (Å²) < 4.78 is 59.2. The van der Waals surface area contributed by atoms with E-state index in [0.29, 0.717) is 13.2 Å². The van der Waals surface area contributed by atoms with E-state index in [4.69, 9.17) is 42.6 Å². The van der Waals surface area contributed by atoms with Gasteiger partial charge in [-0.2, -0.15) is 0 Å². The summed E-state index contributed by atoms with van der Waals surface area (Å²) in [5, 5.41) is 24.4. The van der Waals surface area contributed by atoms with E-state index in [1.54, 1.807) is 0 Å². The van der Waals surface area contributed by atoms with Gasteiger partial charge in [-0.05, 0) is 33.4 Å². The van der Waals surface area contributed by atoms with Crippen LogP contribution in [0.2, 0.25) is 0 Å². The van der Waals surface area contributed by atoms with Crippen molar-refractivity contribution in [2.45, 2.75) is 101 Å². The molecule has 2 fully saturated rings. The van der Waals surface area contributed by atoms with E-state index in [2.05, 4.69) is 0 Å². The molecule has 6 aromatic rings. The lowest BCUT2D eigenvalue weighted by atomic mass is 9.96. The third-order valence-corrected chi connectivity index (χ3v) is 11.4. The van der Waals surface area contributed by atoms with Crippen molar-refractivity contribution in [2.24, 2.45) is 0 Å². The molecule has 2 aliphatic heterocycles. The van der Waals surface area contributed by atoms with Crippen LogP contribution in [0.5, 0.6) is 0 Å². The molecule has 11 nitrogen and oxygen atoms in total. The molecule has 8 rings (SSSR count). The van der Waals surface area contributed by atoms with Gasteiger partial charge in [0.25, 0.3) is 0 Å². The molecule has 11 heteroatoms. The Morgan fingerprint density at radius 3 is 1.03 bits per heavy atom. The van der Waals surface area contributed by atoms with Gasteiger partial charge >= 0.3 is 0 Å². The van der Waals surface area contributed by atoms with Gasteiger partial charge in [0.05, 0.1) is 52.9 Å². The van der Waals surface area contributed by atoms with E-state index in [1.165, 1.54) is 0 Å². The first-order chi connectivity index (χ1) is 32.1. The molecule has 65 heavy (non-hydrogen) atoms. The number of benzene rings is 6. The van der Waals surface area contributed by atoms with Gasteiger partial charge in [0.1, 0.15) is 48.8 Å². The lowest BCUT2D eigenvalue weighted by molar-refractivity contribution is -0.371. The minimum Gasteiger partial charge on any atom is -0.385 e. The van der Waals surface area contributed by atoms with E-state index < -0.39 is 61.4 Å². The monoisotopic (exact) mass is 882 g/mol. The van der Waals surface area contributed by atoms with Crippen molar-refractivity contribution in [3.05, 3.63) is 215 Å². The van der Waals surface area contributed by atoms with Crippen LogP contribution in [0.15, 0.2) is 182 Å². The molecular weight excluding hydrogens is 825 g/mol. The van der Waals surface area contributed by atoms with Crippen LogP contribution in [0.1, 0.15) is 33.4 Å². The SMILES string of the molecule is O[C@@H]1[C@@H](O[C@@H]2[C@H](OCc3ccccc3)[C@@H](O)O[C@H](COCc3ccccc3)[C@H]2OCc2ccccc2)O[C@H](COCc2ccccc2)[C@@H](OCc2ccccc2)[C@@H]1OCc1ccccc1. The highest BCUT2D eigenvalue weighted by atomic mass is 16.7. The van der Waals surface area contributed by atoms with Gasteiger partial charge in [0.2, 0.25) is 0 Å². The third kappa shape index (κ3) is 13.5. The van der Waals surface area contributed by atoms with E-state index >= 15 is 0 Å². The van der Waals surface area contributed by atoms with E-state index in [0.717, 1.165) is 33.4 Å². The quantitative estimate of drug-likeness (QED) is 0.0691. The van der Waals surface area contributed by atoms with Crippen LogP contribution >= 0.6 is 0 Å². The number of rotatable bonds is 22. The number of hydrogen-bond donors (Lipinski definition) is 2. The van der Waals surface area contributed by atoms with Crippen molar-refractivity contribution in [1.29, 1.82) is 0 Å². The predicted octanol–water partition coefficient (Wildman–Crippen LogP) is 7.95. The molecule has 0 spiro atoms. The Bertz CT molecular complexity index is 2210. The molecule has 2 saturated heterocycles. The summed E-state index contributed by atoms with van der Waals surface area (Å²) in [6.07, 6.45) is -10.6. The standard InChI is InChI=1S/C54H58O11/c55-47-50(61-35-43-27-15-5-16-28-43)48(59-33-41-23-11-3-12-24-41)46(38-58-32-40-21-9-2-10-22-40)64-54(47)65-51-49(60-34-42-25-13-4-14-26-42)45(37-57-31-39-19-7-1-8-20-39)63-53(56)52(51)62-36-44-29-17-6-18-30-44/h1-30,45-56H,31-38H2/t45-,46-,47+,48-,49-,50-,51+,52+,53+,54-/m1/s1. The fourth-order valence-electron chi connectivity index (χ4n) is 8.05. The lowest BCUT2D eigenvalue weighted by Crippen LogP contribution is -2.66. The second kappa shape index (κ2) is 24.4. The average molecular weight is 883 g/mol. The van der Waals surface area contributed by atoms with E-state index in [9.17, 15) is 10.2 Å².